The summed E-state index contributed by atoms with van der Waals surface area (Å²) in [6.45, 7) is -0.237. The number of methoxy groups -OCH3 is 2. The quantitative estimate of drug-likeness (QED) is 0.413. The van der Waals surface area contributed by atoms with Crippen LogP contribution in [0.5, 0.6) is 0 Å². The summed E-state index contributed by atoms with van der Waals surface area (Å²) in [5.74, 6) is -2.44. The van der Waals surface area contributed by atoms with Crippen LogP contribution in [0.1, 0.15) is 11.1 Å². The first-order chi connectivity index (χ1) is 14.4. The average molecular weight is 418 g/mol. The summed E-state index contributed by atoms with van der Waals surface area (Å²) in [6, 6.07) is 15.2. The number of benzene rings is 2. The van der Waals surface area contributed by atoms with Gasteiger partial charge in [0.05, 0.1) is 13.2 Å². The maximum Gasteiger partial charge on any atom is 0.347 e. The summed E-state index contributed by atoms with van der Waals surface area (Å²) in [7, 11) is 2.84. The molecule has 0 spiro atoms. The van der Waals surface area contributed by atoms with Gasteiger partial charge in [0, 0.05) is 14.2 Å². The third-order valence-electron chi connectivity index (χ3n) is 4.54. The Morgan fingerprint density at radius 3 is 1.30 bits per heavy atom. The lowest BCUT2D eigenvalue weighted by atomic mass is 9.73. The van der Waals surface area contributed by atoms with Gasteiger partial charge in [-0.15, -0.1) is 0 Å². The van der Waals surface area contributed by atoms with Crippen LogP contribution in [-0.2, 0) is 39.7 Å². The first kappa shape index (κ1) is 23.5. The average Bonchev–Trinajstić information content (AvgIpc) is 2.79. The van der Waals surface area contributed by atoms with Crippen LogP contribution in [0.3, 0.4) is 0 Å². The highest BCUT2D eigenvalue weighted by Crippen LogP contribution is 2.43. The minimum atomic E-state index is -2.80. The van der Waals surface area contributed by atoms with Crippen molar-refractivity contribution in [2.45, 2.75) is 11.2 Å². The maximum absolute atomic E-state index is 13.1. The van der Waals surface area contributed by atoms with Crippen molar-refractivity contribution in [2.75, 3.05) is 40.6 Å². The molecule has 2 unspecified atom stereocenters. The van der Waals surface area contributed by atoms with Crippen LogP contribution >= 0.6 is 0 Å². The third kappa shape index (κ3) is 4.68. The largest absolute Gasteiger partial charge is 0.461 e. The van der Waals surface area contributed by atoms with E-state index in [0.29, 0.717) is 0 Å². The molecule has 0 aromatic heterocycles. The Morgan fingerprint density at radius 2 is 1.00 bits per heavy atom. The second kappa shape index (κ2) is 10.8. The zero-order chi connectivity index (χ0) is 22.0. The predicted octanol–water partition coefficient (Wildman–Crippen LogP) is 1.14. The van der Waals surface area contributed by atoms with Gasteiger partial charge in [-0.1, -0.05) is 60.7 Å². The Bertz CT molecular complexity index is 741. The highest BCUT2D eigenvalue weighted by atomic mass is 16.6. The standard InChI is InChI=1S/C22H26O8/c1-27-13-15-29-19(23)21(25,17-9-5-3-6-10-17)22(26,18-11-7-4-8-12-18)20(24)30-16-14-28-2/h3-12,25-26H,13-16H2,1-2H3. The number of carbonyl (C=O) groups is 2. The van der Waals surface area contributed by atoms with E-state index in [1.807, 2.05) is 0 Å². The fourth-order valence-corrected chi connectivity index (χ4v) is 2.95. The van der Waals surface area contributed by atoms with Gasteiger partial charge < -0.3 is 29.2 Å². The van der Waals surface area contributed by atoms with Crippen molar-refractivity contribution in [1.82, 2.24) is 0 Å². The molecule has 2 aromatic carbocycles. The molecule has 0 aliphatic carbocycles. The summed E-state index contributed by atoms with van der Waals surface area (Å²) in [5, 5.41) is 23.3. The Balaban J connectivity index is 2.63. The van der Waals surface area contributed by atoms with Crippen LogP contribution in [0.15, 0.2) is 60.7 Å². The number of aliphatic hydroxyl groups is 2. The molecule has 8 nitrogen and oxygen atoms in total. The van der Waals surface area contributed by atoms with Crippen LogP contribution in [0.4, 0.5) is 0 Å². The molecule has 30 heavy (non-hydrogen) atoms. The van der Waals surface area contributed by atoms with Crippen LogP contribution in [-0.4, -0.2) is 62.8 Å². The highest BCUT2D eigenvalue weighted by molar-refractivity contribution is 5.94. The number of hydrogen-bond donors (Lipinski definition) is 2. The molecule has 0 aliphatic rings. The van der Waals surface area contributed by atoms with E-state index in [2.05, 4.69) is 0 Å². The van der Waals surface area contributed by atoms with Crippen molar-refractivity contribution < 1.29 is 38.7 Å². The molecule has 0 saturated heterocycles. The van der Waals surface area contributed by atoms with Crippen molar-refractivity contribution in [3.63, 3.8) is 0 Å². The van der Waals surface area contributed by atoms with E-state index in [1.165, 1.54) is 38.5 Å². The zero-order valence-electron chi connectivity index (χ0n) is 16.9. The molecular weight excluding hydrogens is 392 g/mol. The molecule has 8 heteroatoms. The number of ether oxygens (including phenoxy) is 4. The molecule has 2 atom stereocenters. The first-order valence-corrected chi connectivity index (χ1v) is 9.31. The van der Waals surface area contributed by atoms with E-state index < -0.39 is 23.1 Å². The molecule has 0 radical (unpaired) electrons. The van der Waals surface area contributed by atoms with Crippen LogP contribution in [0.25, 0.3) is 0 Å². The number of rotatable bonds is 11. The summed E-state index contributed by atoms with van der Waals surface area (Å²) in [6.07, 6.45) is 0. The number of esters is 2. The van der Waals surface area contributed by atoms with Gasteiger partial charge in [0.25, 0.3) is 0 Å². The molecule has 0 heterocycles. The minimum Gasteiger partial charge on any atom is -0.461 e. The lowest BCUT2D eigenvalue weighted by Gasteiger charge is -2.40. The molecule has 0 amide bonds. The molecular formula is C22H26O8. The zero-order valence-corrected chi connectivity index (χ0v) is 16.9. The van der Waals surface area contributed by atoms with Gasteiger partial charge >= 0.3 is 11.9 Å². The van der Waals surface area contributed by atoms with Crippen LogP contribution < -0.4 is 0 Å². The van der Waals surface area contributed by atoms with Crippen molar-refractivity contribution in [3.8, 4) is 0 Å². The lowest BCUT2D eigenvalue weighted by Crippen LogP contribution is -2.60. The van der Waals surface area contributed by atoms with Gasteiger partial charge in [-0.25, -0.2) is 9.59 Å². The van der Waals surface area contributed by atoms with Gasteiger partial charge in [-0.05, 0) is 11.1 Å². The molecule has 0 aliphatic heterocycles. The van der Waals surface area contributed by atoms with E-state index in [9.17, 15) is 19.8 Å². The fraction of sp³-hybridized carbons (Fsp3) is 0.364. The number of hydrogen-bond acceptors (Lipinski definition) is 8. The van der Waals surface area contributed by atoms with Gasteiger partial charge in [0.2, 0.25) is 11.2 Å². The molecule has 162 valence electrons. The van der Waals surface area contributed by atoms with E-state index in [4.69, 9.17) is 18.9 Å². The monoisotopic (exact) mass is 418 g/mol. The minimum absolute atomic E-state index is 0.0394. The molecule has 0 bridgehead atoms. The van der Waals surface area contributed by atoms with Crippen LogP contribution in [0.2, 0.25) is 0 Å². The highest BCUT2D eigenvalue weighted by Gasteiger charge is 2.64. The molecule has 2 aromatic rings. The van der Waals surface area contributed by atoms with E-state index in [1.54, 1.807) is 36.4 Å². The Labute approximate surface area is 175 Å². The van der Waals surface area contributed by atoms with Crippen molar-refractivity contribution >= 4 is 11.9 Å². The van der Waals surface area contributed by atoms with Crippen LogP contribution in [0, 0.1) is 0 Å². The van der Waals surface area contributed by atoms with E-state index in [-0.39, 0.29) is 37.6 Å². The Morgan fingerprint density at radius 1 is 0.667 bits per heavy atom. The van der Waals surface area contributed by atoms with Gasteiger partial charge in [-0.2, -0.15) is 0 Å². The lowest BCUT2D eigenvalue weighted by molar-refractivity contribution is -0.221. The third-order valence-corrected chi connectivity index (χ3v) is 4.54. The normalized spacial score (nSPS) is 14.9. The van der Waals surface area contributed by atoms with Gasteiger partial charge in [-0.3, -0.25) is 0 Å². The molecule has 2 rings (SSSR count). The molecule has 0 fully saturated rings. The fourth-order valence-electron chi connectivity index (χ4n) is 2.95. The molecule has 2 N–H and O–H groups in total. The smallest absolute Gasteiger partial charge is 0.347 e. The summed E-state index contributed by atoms with van der Waals surface area (Å²) in [4.78, 5) is 26.1. The second-order valence-corrected chi connectivity index (χ2v) is 6.41. The maximum atomic E-state index is 13.1. The topological polar surface area (TPSA) is 112 Å². The second-order valence-electron chi connectivity index (χ2n) is 6.41. The first-order valence-electron chi connectivity index (χ1n) is 9.31. The summed E-state index contributed by atoms with van der Waals surface area (Å²) < 4.78 is 20.0. The SMILES string of the molecule is COCCOC(=O)C(O)(c1ccccc1)C(O)(C(=O)OCCOC)c1ccccc1. The van der Waals surface area contributed by atoms with Crippen molar-refractivity contribution in [1.29, 1.82) is 0 Å². The van der Waals surface area contributed by atoms with Gasteiger partial charge in [0.15, 0.2) is 0 Å². The van der Waals surface area contributed by atoms with E-state index >= 15 is 0 Å². The molecule has 0 saturated carbocycles. The Kier molecular flexibility index (Phi) is 8.49. The van der Waals surface area contributed by atoms with Crippen molar-refractivity contribution in [3.05, 3.63) is 71.8 Å². The summed E-state index contributed by atoms with van der Waals surface area (Å²) in [5.41, 5.74) is -5.67. The summed E-state index contributed by atoms with van der Waals surface area (Å²) >= 11 is 0. The predicted molar refractivity (Wildman–Crippen MR) is 106 cm³/mol. The van der Waals surface area contributed by atoms with E-state index in [0.717, 1.165) is 0 Å². The van der Waals surface area contributed by atoms with Crippen molar-refractivity contribution in [2.24, 2.45) is 0 Å². The van der Waals surface area contributed by atoms with Gasteiger partial charge in [0.1, 0.15) is 13.2 Å². The number of carbonyl (C=O) groups excluding carboxylic acids is 2. The Hall–Kier alpha value is -2.78.